The van der Waals surface area contributed by atoms with E-state index in [1.54, 1.807) is 0 Å². The van der Waals surface area contributed by atoms with E-state index >= 15 is 0 Å². The average molecular weight is 433 g/mol. The van der Waals surface area contributed by atoms with E-state index < -0.39 is 0 Å². The number of rotatable bonds is 4. The van der Waals surface area contributed by atoms with E-state index in [1.807, 2.05) is 17.0 Å². The van der Waals surface area contributed by atoms with E-state index in [4.69, 9.17) is 0 Å². The molecule has 0 spiro atoms. The van der Waals surface area contributed by atoms with Crippen LogP contribution in [0.3, 0.4) is 0 Å². The average Bonchev–Trinajstić information content (AvgIpc) is 3.13. The Morgan fingerprint density at radius 1 is 0.727 bits per heavy atom. The topological polar surface area (TPSA) is 32.3 Å². The number of carbonyl (C=O) groups excluding carboxylic acids is 1. The van der Waals surface area contributed by atoms with Gasteiger partial charge in [-0.1, -0.05) is 54.6 Å². The molecule has 0 fully saturated rings. The minimum absolute atomic E-state index is 0.0191. The maximum Gasteiger partial charge on any atom is 0.275 e. The lowest BCUT2D eigenvalue weighted by Gasteiger charge is -2.27. The van der Waals surface area contributed by atoms with Gasteiger partial charge >= 0.3 is 0 Å². The first-order chi connectivity index (χ1) is 15.9. The summed E-state index contributed by atoms with van der Waals surface area (Å²) < 4.78 is 0. The highest BCUT2D eigenvalue weighted by molar-refractivity contribution is 6.11. The van der Waals surface area contributed by atoms with Crippen LogP contribution in [0.2, 0.25) is 0 Å². The standard InChI is InChI=1S/C30H28N2O/c1-19-12-14-24(16-21(19)3)31-28-18-29(27-11-7-9-23-8-5-6-10-26(23)27)32(30(28)33)25-15-13-20(2)22(4)17-25/h5-18,29,31H,1-4H3/t29-/m1/s1. The SMILES string of the molecule is Cc1ccc(NC2=C[C@H](c3cccc4ccccc34)N(c3ccc(C)c(C)c3)C2=O)cc1C. The highest BCUT2D eigenvalue weighted by Gasteiger charge is 2.35. The smallest absolute Gasteiger partial charge is 0.275 e. The maximum absolute atomic E-state index is 13.8. The fraction of sp³-hybridized carbons (Fsp3) is 0.167. The van der Waals surface area contributed by atoms with Crippen molar-refractivity contribution in [3.63, 3.8) is 0 Å². The molecule has 1 heterocycles. The van der Waals surface area contributed by atoms with Crippen LogP contribution < -0.4 is 10.2 Å². The second-order valence-corrected chi connectivity index (χ2v) is 8.96. The van der Waals surface area contributed by atoms with Crippen molar-refractivity contribution in [3.05, 3.63) is 118 Å². The molecule has 4 aromatic carbocycles. The van der Waals surface area contributed by atoms with Crippen LogP contribution in [-0.2, 0) is 4.79 Å². The Balaban J connectivity index is 1.63. The Hall–Kier alpha value is -3.85. The molecule has 0 bridgehead atoms. The van der Waals surface area contributed by atoms with E-state index in [1.165, 1.54) is 27.6 Å². The Labute approximate surface area is 195 Å². The van der Waals surface area contributed by atoms with Crippen LogP contribution in [0, 0.1) is 27.7 Å². The van der Waals surface area contributed by atoms with Crippen LogP contribution in [-0.4, -0.2) is 5.91 Å². The lowest BCUT2D eigenvalue weighted by Crippen LogP contribution is -2.31. The van der Waals surface area contributed by atoms with Gasteiger partial charge in [-0.05, 0) is 96.6 Å². The number of benzene rings is 4. The van der Waals surface area contributed by atoms with Gasteiger partial charge < -0.3 is 5.32 Å². The maximum atomic E-state index is 13.8. The molecule has 33 heavy (non-hydrogen) atoms. The third-order valence-corrected chi connectivity index (χ3v) is 6.75. The molecule has 164 valence electrons. The predicted octanol–water partition coefficient (Wildman–Crippen LogP) is 7.16. The van der Waals surface area contributed by atoms with Gasteiger partial charge in [-0.15, -0.1) is 0 Å². The molecular weight excluding hydrogens is 404 g/mol. The number of anilines is 2. The normalized spacial score (nSPS) is 15.8. The Kier molecular flexibility index (Phi) is 5.26. The highest BCUT2D eigenvalue weighted by Crippen LogP contribution is 2.39. The molecule has 1 atom stereocenters. The number of fused-ring (bicyclic) bond motifs is 1. The molecule has 4 aromatic rings. The van der Waals surface area contributed by atoms with Crippen LogP contribution in [0.15, 0.2) is 90.6 Å². The van der Waals surface area contributed by atoms with Crippen LogP contribution in [0.1, 0.15) is 33.9 Å². The summed E-state index contributed by atoms with van der Waals surface area (Å²) >= 11 is 0. The Morgan fingerprint density at radius 3 is 2.18 bits per heavy atom. The van der Waals surface area contributed by atoms with Gasteiger partial charge in [-0.2, -0.15) is 0 Å². The summed E-state index contributed by atoms with van der Waals surface area (Å²) in [6.45, 7) is 8.37. The van der Waals surface area contributed by atoms with Crippen molar-refractivity contribution in [2.75, 3.05) is 10.2 Å². The van der Waals surface area contributed by atoms with E-state index in [2.05, 4.69) is 106 Å². The molecular formula is C30H28N2O. The fourth-order valence-corrected chi connectivity index (χ4v) is 4.52. The lowest BCUT2D eigenvalue weighted by atomic mass is 9.98. The summed E-state index contributed by atoms with van der Waals surface area (Å²) in [5.74, 6) is -0.0191. The first-order valence-corrected chi connectivity index (χ1v) is 11.4. The molecule has 1 amide bonds. The van der Waals surface area contributed by atoms with Crippen LogP contribution in [0.5, 0.6) is 0 Å². The molecule has 5 rings (SSSR count). The molecule has 3 heteroatoms. The van der Waals surface area contributed by atoms with Crippen LogP contribution in [0.25, 0.3) is 10.8 Å². The van der Waals surface area contributed by atoms with Crippen molar-refractivity contribution in [1.29, 1.82) is 0 Å². The van der Waals surface area contributed by atoms with Gasteiger partial charge in [0, 0.05) is 11.4 Å². The Bertz CT molecular complexity index is 1410. The zero-order chi connectivity index (χ0) is 23.1. The van der Waals surface area contributed by atoms with Crippen molar-refractivity contribution >= 4 is 28.1 Å². The van der Waals surface area contributed by atoms with Crippen molar-refractivity contribution in [1.82, 2.24) is 0 Å². The molecule has 1 N–H and O–H groups in total. The van der Waals surface area contributed by atoms with E-state index in [-0.39, 0.29) is 11.9 Å². The van der Waals surface area contributed by atoms with Gasteiger partial charge in [0.05, 0.1) is 6.04 Å². The number of hydrogen-bond donors (Lipinski definition) is 1. The zero-order valence-electron chi connectivity index (χ0n) is 19.5. The summed E-state index contributed by atoms with van der Waals surface area (Å²) in [7, 11) is 0. The van der Waals surface area contributed by atoms with E-state index in [9.17, 15) is 4.79 Å². The number of nitrogens with one attached hydrogen (secondary N) is 1. The van der Waals surface area contributed by atoms with E-state index in [0.29, 0.717) is 5.70 Å². The molecule has 0 unspecified atom stereocenters. The zero-order valence-corrected chi connectivity index (χ0v) is 19.5. The summed E-state index contributed by atoms with van der Waals surface area (Å²) in [5, 5.41) is 5.74. The summed E-state index contributed by atoms with van der Waals surface area (Å²) in [6.07, 6.45) is 2.06. The third-order valence-electron chi connectivity index (χ3n) is 6.75. The van der Waals surface area contributed by atoms with Gasteiger partial charge in [0.1, 0.15) is 5.70 Å². The van der Waals surface area contributed by atoms with Crippen LogP contribution >= 0.6 is 0 Å². The number of carbonyl (C=O) groups is 1. The minimum atomic E-state index is -0.195. The van der Waals surface area contributed by atoms with Crippen molar-refractivity contribution in [2.24, 2.45) is 0 Å². The molecule has 0 saturated heterocycles. The minimum Gasteiger partial charge on any atom is -0.351 e. The largest absolute Gasteiger partial charge is 0.351 e. The molecule has 0 radical (unpaired) electrons. The molecule has 0 aliphatic carbocycles. The summed E-state index contributed by atoms with van der Waals surface area (Å²) in [4.78, 5) is 15.7. The van der Waals surface area contributed by atoms with E-state index in [0.717, 1.165) is 22.3 Å². The summed E-state index contributed by atoms with van der Waals surface area (Å²) in [5.41, 5.74) is 8.39. The van der Waals surface area contributed by atoms with Gasteiger partial charge in [0.15, 0.2) is 0 Å². The van der Waals surface area contributed by atoms with Gasteiger partial charge in [0.25, 0.3) is 5.91 Å². The van der Waals surface area contributed by atoms with Crippen LogP contribution in [0.4, 0.5) is 11.4 Å². The molecule has 0 aromatic heterocycles. The number of amides is 1. The first-order valence-electron chi connectivity index (χ1n) is 11.4. The monoisotopic (exact) mass is 432 g/mol. The molecule has 3 nitrogen and oxygen atoms in total. The van der Waals surface area contributed by atoms with Crippen molar-refractivity contribution < 1.29 is 4.79 Å². The number of nitrogens with zero attached hydrogens (tertiary/aromatic N) is 1. The Morgan fingerprint density at radius 2 is 1.42 bits per heavy atom. The molecule has 1 aliphatic rings. The quantitative estimate of drug-likeness (QED) is 0.371. The number of aryl methyl sites for hydroxylation is 4. The fourth-order valence-electron chi connectivity index (χ4n) is 4.52. The van der Waals surface area contributed by atoms with Gasteiger partial charge in [-0.25, -0.2) is 0 Å². The molecule has 0 saturated carbocycles. The first kappa shape index (κ1) is 21.0. The second-order valence-electron chi connectivity index (χ2n) is 8.96. The number of hydrogen-bond acceptors (Lipinski definition) is 2. The van der Waals surface area contributed by atoms with Gasteiger partial charge in [0.2, 0.25) is 0 Å². The summed E-state index contributed by atoms with van der Waals surface area (Å²) in [6, 6.07) is 26.9. The third kappa shape index (κ3) is 3.80. The second kappa shape index (κ2) is 8.25. The van der Waals surface area contributed by atoms with Crippen molar-refractivity contribution in [3.8, 4) is 0 Å². The van der Waals surface area contributed by atoms with Crippen molar-refractivity contribution in [2.45, 2.75) is 33.7 Å². The lowest BCUT2D eigenvalue weighted by molar-refractivity contribution is -0.114. The predicted molar refractivity (Wildman–Crippen MR) is 138 cm³/mol. The van der Waals surface area contributed by atoms with Gasteiger partial charge in [-0.3, -0.25) is 9.69 Å². The highest BCUT2D eigenvalue weighted by atomic mass is 16.2. The molecule has 1 aliphatic heterocycles.